The normalized spacial score (nSPS) is 11.1. The number of hydrogen-bond acceptors (Lipinski definition) is 5. The lowest BCUT2D eigenvalue weighted by molar-refractivity contribution is -0.132. The summed E-state index contributed by atoms with van der Waals surface area (Å²) in [6.07, 6.45) is 3.49. The van der Waals surface area contributed by atoms with Crippen molar-refractivity contribution in [2.45, 2.75) is 43.2 Å². The number of imidazole rings is 1. The van der Waals surface area contributed by atoms with Gasteiger partial charge in [0.25, 0.3) is 0 Å². The van der Waals surface area contributed by atoms with Crippen LogP contribution in [0.1, 0.15) is 37.9 Å². The summed E-state index contributed by atoms with van der Waals surface area (Å²) in [5.74, 6) is -0.295. The van der Waals surface area contributed by atoms with Crippen LogP contribution in [0.3, 0.4) is 0 Å². The molecule has 0 amide bonds. The number of benzene rings is 1. The highest BCUT2D eigenvalue weighted by molar-refractivity contribution is 7.99. The number of esters is 1. The number of pyridine rings is 1. The van der Waals surface area contributed by atoms with Crippen LogP contribution in [0.5, 0.6) is 6.01 Å². The highest BCUT2D eigenvalue weighted by Gasteiger charge is 2.23. The van der Waals surface area contributed by atoms with Gasteiger partial charge in [0.1, 0.15) is 5.03 Å². The maximum atomic E-state index is 11.6. The number of rotatable bonds is 6. The van der Waals surface area contributed by atoms with Gasteiger partial charge in [0.2, 0.25) is 0 Å². The van der Waals surface area contributed by atoms with Gasteiger partial charge in [-0.15, -0.1) is 0 Å². The van der Waals surface area contributed by atoms with E-state index in [4.69, 9.17) is 27.9 Å². The average Bonchev–Trinajstić information content (AvgIpc) is 2.92. The molecular weight excluding hydrogens is 417 g/mol. The molecule has 146 valence electrons. The lowest BCUT2D eigenvalue weighted by atomic mass is 10.1. The third-order valence-electron chi connectivity index (χ3n) is 3.81. The number of ether oxygens (including phenoxy) is 1. The molecule has 0 N–H and O–H groups in total. The molecule has 0 radical (unpaired) electrons. The molecule has 0 aliphatic heterocycles. The van der Waals surface area contributed by atoms with Crippen LogP contribution in [0.4, 0.5) is 0 Å². The van der Waals surface area contributed by atoms with Gasteiger partial charge in [-0.3, -0.25) is 14.3 Å². The smallest absolute Gasteiger partial charge is 0.310 e. The molecule has 0 spiro atoms. The summed E-state index contributed by atoms with van der Waals surface area (Å²) < 4.78 is 7.28. The fourth-order valence-corrected chi connectivity index (χ4v) is 4.53. The first-order chi connectivity index (χ1) is 13.3. The fraction of sp³-hybridized carbons (Fsp3) is 0.250. The molecule has 1 aromatic carbocycles. The third-order valence-corrected chi connectivity index (χ3v) is 5.34. The van der Waals surface area contributed by atoms with Gasteiger partial charge < -0.3 is 4.74 Å². The molecule has 2 heterocycles. The van der Waals surface area contributed by atoms with Crippen LogP contribution in [-0.4, -0.2) is 20.5 Å². The van der Waals surface area contributed by atoms with E-state index in [0.29, 0.717) is 16.6 Å². The summed E-state index contributed by atoms with van der Waals surface area (Å²) >= 11 is 13.8. The van der Waals surface area contributed by atoms with Crippen molar-refractivity contribution in [3.63, 3.8) is 0 Å². The Bertz CT molecular complexity index is 970. The molecule has 3 aromatic rings. The minimum Gasteiger partial charge on any atom is -0.392 e. The monoisotopic (exact) mass is 435 g/mol. The SMILES string of the molecule is CC(=O)Oc1nc(C(C)C)c(Sc2cc(Cl)cc(Cl)c2)n1Cc1cccnc1. The second-order valence-corrected chi connectivity index (χ2v) is 8.42. The van der Waals surface area contributed by atoms with Gasteiger partial charge in [0.05, 0.1) is 12.2 Å². The molecule has 0 unspecified atom stereocenters. The Labute approximate surface area is 178 Å². The molecule has 8 heteroatoms. The van der Waals surface area contributed by atoms with Crippen LogP contribution in [0, 0.1) is 0 Å². The fourth-order valence-electron chi connectivity index (χ4n) is 2.64. The van der Waals surface area contributed by atoms with Gasteiger partial charge in [-0.1, -0.05) is 54.9 Å². The second-order valence-electron chi connectivity index (χ2n) is 6.49. The van der Waals surface area contributed by atoms with E-state index in [1.54, 1.807) is 18.5 Å². The van der Waals surface area contributed by atoms with Crippen molar-refractivity contribution in [1.82, 2.24) is 14.5 Å². The van der Waals surface area contributed by atoms with Gasteiger partial charge in [0.15, 0.2) is 0 Å². The van der Waals surface area contributed by atoms with Crippen LogP contribution in [-0.2, 0) is 11.3 Å². The lowest BCUT2D eigenvalue weighted by Crippen LogP contribution is -2.10. The number of hydrogen-bond donors (Lipinski definition) is 0. The Morgan fingerprint density at radius 3 is 2.54 bits per heavy atom. The predicted molar refractivity (Wildman–Crippen MR) is 112 cm³/mol. The van der Waals surface area contributed by atoms with Crippen LogP contribution >= 0.6 is 35.0 Å². The first-order valence-electron chi connectivity index (χ1n) is 8.65. The summed E-state index contributed by atoms with van der Waals surface area (Å²) in [6, 6.07) is 9.46. The van der Waals surface area contributed by atoms with Crippen LogP contribution < -0.4 is 4.74 Å². The topological polar surface area (TPSA) is 57.0 Å². The van der Waals surface area contributed by atoms with Crippen molar-refractivity contribution in [1.29, 1.82) is 0 Å². The molecule has 0 saturated heterocycles. The Kier molecular flexibility index (Phi) is 6.65. The highest BCUT2D eigenvalue weighted by atomic mass is 35.5. The minimum absolute atomic E-state index is 0.126. The van der Waals surface area contributed by atoms with Gasteiger partial charge in [0, 0.05) is 34.3 Å². The van der Waals surface area contributed by atoms with Crippen molar-refractivity contribution in [2.75, 3.05) is 0 Å². The molecule has 28 heavy (non-hydrogen) atoms. The summed E-state index contributed by atoms with van der Waals surface area (Å²) in [6.45, 7) is 5.92. The summed E-state index contributed by atoms with van der Waals surface area (Å²) in [5, 5.41) is 1.98. The van der Waals surface area contributed by atoms with E-state index < -0.39 is 5.97 Å². The number of aromatic nitrogens is 3. The van der Waals surface area contributed by atoms with Crippen LogP contribution in [0.15, 0.2) is 52.6 Å². The minimum atomic E-state index is -0.421. The van der Waals surface area contributed by atoms with Gasteiger partial charge >= 0.3 is 12.0 Å². The van der Waals surface area contributed by atoms with Gasteiger partial charge in [-0.25, -0.2) is 0 Å². The van der Waals surface area contributed by atoms with E-state index in [1.165, 1.54) is 18.7 Å². The maximum absolute atomic E-state index is 11.6. The zero-order valence-corrected chi connectivity index (χ0v) is 18.0. The first kappa shape index (κ1) is 20.7. The summed E-state index contributed by atoms with van der Waals surface area (Å²) in [4.78, 5) is 21.3. The Hall–Kier alpha value is -2.02. The number of carbonyl (C=O) groups excluding carboxylic acids is 1. The summed E-state index contributed by atoms with van der Waals surface area (Å²) in [5.41, 5.74) is 1.80. The number of nitrogens with zero attached hydrogens (tertiary/aromatic N) is 3. The van der Waals surface area contributed by atoms with E-state index in [0.717, 1.165) is 21.2 Å². The summed E-state index contributed by atoms with van der Waals surface area (Å²) in [7, 11) is 0. The predicted octanol–water partition coefficient (Wildman–Crippen LogP) is 5.83. The number of halogens is 2. The Balaban J connectivity index is 2.11. The van der Waals surface area contributed by atoms with Crippen molar-refractivity contribution in [2.24, 2.45) is 0 Å². The lowest BCUT2D eigenvalue weighted by Gasteiger charge is -2.13. The molecular formula is C20H19Cl2N3O2S. The van der Waals surface area contributed by atoms with Crippen LogP contribution in [0.2, 0.25) is 10.0 Å². The van der Waals surface area contributed by atoms with Crippen molar-refractivity contribution in [3.05, 3.63) is 64.0 Å². The van der Waals surface area contributed by atoms with Crippen molar-refractivity contribution >= 4 is 40.9 Å². The Morgan fingerprint density at radius 2 is 1.96 bits per heavy atom. The first-order valence-corrected chi connectivity index (χ1v) is 10.2. The van der Waals surface area contributed by atoms with E-state index >= 15 is 0 Å². The molecule has 0 atom stereocenters. The molecule has 0 fully saturated rings. The van der Waals surface area contributed by atoms with Gasteiger partial charge in [-0.05, 0) is 35.7 Å². The largest absolute Gasteiger partial charge is 0.392 e. The molecule has 0 saturated carbocycles. The quantitative estimate of drug-likeness (QED) is 0.455. The van der Waals surface area contributed by atoms with Crippen molar-refractivity contribution < 1.29 is 9.53 Å². The second kappa shape index (κ2) is 8.99. The molecule has 0 aliphatic rings. The van der Waals surface area contributed by atoms with E-state index in [-0.39, 0.29) is 11.9 Å². The zero-order valence-electron chi connectivity index (χ0n) is 15.6. The molecule has 0 bridgehead atoms. The van der Waals surface area contributed by atoms with E-state index in [2.05, 4.69) is 9.97 Å². The molecule has 3 rings (SSSR count). The molecule has 2 aromatic heterocycles. The van der Waals surface area contributed by atoms with Crippen molar-refractivity contribution in [3.8, 4) is 6.01 Å². The molecule has 5 nitrogen and oxygen atoms in total. The highest BCUT2D eigenvalue weighted by Crippen LogP contribution is 2.39. The van der Waals surface area contributed by atoms with E-state index in [1.807, 2.05) is 42.7 Å². The van der Waals surface area contributed by atoms with E-state index in [9.17, 15) is 4.79 Å². The average molecular weight is 436 g/mol. The third kappa shape index (κ3) is 5.07. The Morgan fingerprint density at radius 1 is 1.25 bits per heavy atom. The standard InChI is InChI=1S/C20H19Cl2N3O2S/c1-12(2)18-19(28-17-8-15(21)7-16(22)9-17)25(20(24-18)27-13(3)26)11-14-5-4-6-23-10-14/h4-10,12H,11H2,1-3H3. The van der Waals surface area contributed by atoms with Gasteiger partial charge in [-0.2, -0.15) is 4.98 Å². The zero-order chi connectivity index (χ0) is 20.3. The van der Waals surface area contributed by atoms with Crippen LogP contribution in [0.25, 0.3) is 0 Å². The maximum Gasteiger partial charge on any atom is 0.310 e. The molecule has 0 aliphatic carbocycles. The number of carbonyl (C=O) groups is 1.